The first-order chi connectivity index (χ1) is 34.3. The number of amides is 8. The molecule has 1 aromatic heterocycles. The Labute approximate surface area is 416 Å². The number of carboxylic acids is 1. The summed E-state index contributed by atoms with van der Waals surface area (Å²) in [5.74, 6) is -8.50. The molecule has 72 heavy (non-hydrogen) atoms. The van der Waals surface area contributed by atoms with E-state index in [9.17, 15) is 53.4 Å². The van der Waals surface area contributed by atoms with Gasteiger partial charge in [0, 0.05) is 37.9 Å². The number of imidazole rings is 1. The van der Waals surface area contributed by atoms with Gasteiger partial charge in [-0.25, -0.2) is 19.8 Å². The summed E-state index contributed by atoms with van der Waals surface area (Å²) >= 11 is 0. The lowest BCUT2D eigenvalue weighted by molar-refractivity contribution is -0.136. The van der Waals surface area contributed by atoms with E-state index in [1.165, 1.54) is 24.3 Å². The molecule has 0 bridgehead atoms. The van der Waals surface area contributed by atoms with Gasteiger partial charge < -0.3 is 86.8 Å². The fraction of sp³-hybridized carbons (Fsp3) is 0.651. The quantitative estimate of drug-likeness (QED) is 0.0177. The lowest BCUT2D eigenvalue weighted by Crippen LogP contribution is -2.60. The van der Waals surface area contributed by atoms with Crippen LogP contribution in [0.1, 0.15) is 89.7 Å². The number of rotatable bonds is 33. The van der Waals surface area contributed by atoms with E-state index in [1.807, 2.05) is 0 Å². The van der Waals surface area contributed by atoms with Crippen molar-refractivity contribution in [3.63, 3.8) is 0 Å². The average Bonchev–Trinajstić information content (AvgIpc) is 4.06. The molecule has 2 rings (SSSR count). The van der Waals surface area contributed by atoms with Crippen LogP contribution in [-0.4, -0.2) is 184 Å². The van der Waals surface area contributed by atoms with Crippen molar-refractivity contribution in [1.29, 1.82) is 0 Å². The SMILES string of the molecule is C[C@H](NC(=O)[C@@H](NC(=O)[C@@H](N)CCCCN)[C@@H](O)CN)C(=O)NCC(=O)N=C(CCCN)C(=O)N1CCC[C@H]1C(=O)N[C@@H](Cc1cnc[nH]1)C(=O)N[C@@H](CCCCN)C(=O)N=C(CCCN=C(N)N)C(=O)O. The Hall–Kier alpha value is -6.79. The van der Waals surface area contributed by atoms with Crippen molar-refractivity contribution < 1.29 is 53.4 Å². The Bertz CT molecular complexity index is 2060. The van der Waals surface area contributed by atoms with Gasteiger partial charge in [0.1, 0.15) is 41.6 Å². The van der Waals surface area contributed by atoms with E-state index in [0.29, 0.717) is 44.3 Å². The molecule has 402 valence electrons. The van der Waals surface area contributed by atoms with Crippen LogP contribution in [0.2, 0.25) is 0 Å². The molecule has 8 amide bonds. The number of hydrogen-bond donors (Lipinski definition) is 15. The maximum absolute atomic E-state index is 14.1. The minimum atomic E-state index is -1.57. The summed E-state index contributed by atoms with van der Waals surface area (Å²) in [6.45, 7) is 1.03. The largest absolute Gasteiger partial charge is 0.477 e. The maximum atomic E-state index is 14.1. The molecule has 0 spiro atoms. The number of aromatic amines is 1. The molecule has 7 atom stereocenters. The van der Waals surface area contributed by atoms with Crippen LogP contribution in [0.3, 0.4) is 0 Å². The van der Waals surface area contributed by atoms with Crippen molar-refractivity contribution >= 4 is 70.6 Å². The Morgan fingerprint density at radius 3 is 2.08 bits per heavy atom. The molecule has 1 aliphatic heterocycles. The van der Waals surface area contributed by atoms with E-state index in [0.717, 1.165) is 0 Å². The van der Waals surface area contributed by atoms with Crippen molar-refractivity contribution in [2.75, 3.05) is 45.8 Å². The molecule has 22 N–H and O–H groups in total. The van der Waals surface area contributed by atoms with Crippen LogP contribution < -0.4 is 66.7 Å². The number of H-pyrrole nitrogens is 1. The highest BCUT2D eigenvalue weighted by Gasteiger charge is 2.38. The van der Waals surface area contributed by atoms with E-state index < -0.39 is 114 Å². The zero-order valence-electron chi connectivity index (χ0n) is 40.7. The number of aromatic nitrogens is 2. The third-order valence-corrected chi connectivity index (χ3v) is 11.2. The van der Waals surface area contributed by atoms with Gasteiger partial charge in [-0.1, -0.05) is 6.42 Å². The topological polar surface area (TPSA) is 505 Å². The predicted octanol–water partition coefficient (Wildman–Crippen LogP) is -6.26. The standard InChI is InChI=1S/C43H74N18O11/c1-24(55-40(69)34(32(62)20-47)60-36(65)26(48)9-2-4-14-44)35(64)53-22-33(63)56-28(11-6-16-46)41(70)61-18-8-13-31(61)39(68)59-30(19-25-21-51-23-54-25)38(67)57-27(10-3-5-15-45)37(66)58-29(42(71)72)12-7-17-52-43(49)50/h21,23-24,26-27,30-32,34,62H,2-20,22,44-48H2,1H3,(H,51,54)(H,53,64)(H,55,69)(H,57,67)(H,59,68)(H,60,65)(H,71,72)(H4,49,50,52)/t24-,26-,27-,30-,31-,32-,34-/m0/s1. The maximum Gasteiger partial charge on any atom is 0.350 e. The molecule has 29 nitrogen and oxygen atoms in total. The summed E-state index contributed by atoms with van der Waals surface area (Å²) in [7, 11) is 0. The van der Waals surface area contributed by atoms with E-state index in [2.05, 4.69) is 51.5 Å². The van der Waals surface area contributed by atoms with Crippen LogP contribution in [0.15, 0.2) is 27.5 Å². The number of carbonyl (C=O) groups excluding carboxylic acids is 8. The lowest BCUT2D eigenvalue weighted by atomic mass is 10.1. The molecule has 29 heteroatoms. The molecule has 1 saturated heterocycles. The van der Waals surface area contributed by atoms with Crippen LogP contribution in [-0.2, 0) is 49.6 Å². The number of aliphatic hydroxyl groups excluding tert-OH is 1. The summed E-state index contributed by atoms with van der Waals surface area (Å²) in [6.07, 6.45) is 3.94. The molecule has 2 heterocycles. The van der Waals surface area contributed by atoms with E-state index in [4.69, 9.17) is 40.1 Å². The van der Waals surface area contributed by atoms with Gasteiger partial charge in [-0.05, 0) is 97.2 Å². The molecule has 1 aliphatic rings. The number of likely N-dealkylation sites (tertiary alicyclic amines) is 1. The number of aliphatic hydroxyl groups is 1. The fourth-order valence-corrected chi connectivity index (χ4v) is 7.17. The molecule has 0 saturated carbocycles. The van der Waals surface area contributed by atoms with Crippen molar-refractivity contribution in [3.05, 3.63) is 18.2 Å². The second-order valence-corrected chi connectivity index (χ2v) is 16.9. The Balaban J connectivity index is 2.25. The number of aliphatic imine (C=N–C) groups is 3. The number of nitrogens with two attached hydrogens (primary N) is 7. The van der Waals surface area contributed by atoms with E-state index in [-0.39, 0.29) is 89.2 Å². The molecule has 1 fully saturated rings. The summed E-state index contributed by atoms with van der Waals surface area (Å²) in [5, 5.41) is 32.5. The summed E-state index contributed by atoms with van der Waals surface area (Å²) in [6, 6.07) is -7.73. The third kappa shape index (κ3) is 21.7. The molecule has 1 aromatic rings. The van der Waals surface area contributed by atoms with Gasteiger partial charge in [0.15, 0.2) is 5.96 Å². The highest BCUT2D eigenvalue weighted by atomic mass is 16.4. The Morgan fingerprint density at radius 1 is 0.806 bits per heavy atom. The zero-order valence-corrected chi connectivity index (χ0v) is 40.7. The molecule has 0 aliphatic carbocycles. The Kier molecular flexibility index (Phi) is 28.1. The highest BCUT2D eigenvalue weighted by Crippen LogP contribution is 2.20. The highest BCUT2D eigenvalue weighted by molar-refractivity contribution is 6.40. The van der Waals surface area contributed by atoms with Crippen LogP contribution in [0.4, 0.5) is 0 Å². The minimum Gasteiger partial charge on any atom is -0.477 e. The number of nitrogens with zero attached hydrogens (tertiary/aromatic N) is 5. The van der Waals surface area contributed by atoms with Gasteiger partial charge in [0.05, 0.1) is 25.0 Å². The number of guanidine groups is 1. The molecule has 0 radical (unpaired) electrons. The van der Waals surface area contributed by atoms with Gasteiger partial charge in [-0.15, -0.1) is 0 Å². The number of unbranched alkanes of at least 4 members (excludes halogenated alkanes) is 2. The molecule has 0 unspecified atom stereocenters. The van der Waals surface area contributed by atoms with E-state index in [1.54, 1.807) is 0 Å². The monoisotopic (exact) mass is 1020 g/mol. The molecule has 0 aromatic carbocycles. The van der Waals surface area contributed by atoms with Crippen LogP contribution in [0.5, 0.6) is 0 Å². The minimum absolute atomic E-state index is 0.0268. The van der Waals surface area contributed by atoms with Gasteiger partial charge >= 0.3 is 5.97 Å². The van der Waals surface area contributed by atoms with Gasteiger partial charge in [-0.3, -0.25) is 43.3 Å². The number of hydrogen-bond acceptors (Lipinski definition) is 17. The third-order valence-electron chi connectivity index (χ3n) is 11.2. The Morgan fingerprint density at radius 2 is 1.47 bits per heavy atom. The zero-order chi connectivity index (χ0) is 53.8. The summed E-state index contributed by atoms with van der Waals surface area (Å²) in [5.41, 5.74) is 38.7. The van der Waals surface area contributed by atoms with Crippen LogP contribution >= 0.6 is 0 Å². The van der Waals surface area contributed by atoms with Crippen molar-refractivity contribution in [1.82, 2.24) is 41.5 Å². The first kappa shape index (κ1) is 61.3. The van der Waals surface area contributed by atoms with Crippen LogP contribution in [0, 0.1) is 0 Å². The van der Waals surface area contributed by atoms with Crippen molar-refractivity contribution in [3.8, 4) is 0 Å². The second-order valence-electron chi connectivity index (χ2n) is 16.9. The molecular weight excluding hydrogens is 945 g/mol. The van der Waals surface area contributed by atoms with Gasteiger partial charge in [0.2, 0.25) is 29.5 Å². The second kappa shape index (κ2) is 33.0. The van der Waals surface area contributed by atoms with Crippen molar-refractivity contribution in [2.45, 2.75) is 133 Å². The normalized spacial score (nSPS) is 16.3. The number of aliphatic carboxylic acids is 1. The van der Waals surface area contributed by atoms with Gasteiger partial charge in [0.25, 0.3) is 17.7 Å². The average molecular weight is 1020 g/mol. The van der Waals surface area contributed by atoms with Gasteiger partial charge in [-0.2, -0.15) is 0 Å². The lowest BCUT2D eigenvalue weighted by Gasteiger charge is -2.27. The number of carboxylic acid groups (broad SMARTS) is 1. The number of carbonyl (C=O) groups is 9. The first-order valence-electron chi connectivity index (χ1n) is 23.8. The van der Waals surface area contributed by atoms with Crippen molar-refractivity contribution in [2.24, 2.45) is 55.1 Å². The van der Waals surface area contributed by atoms with Crippen LogP contribution in [0.25, 0.3) is 0 Å². The predicted molar refractivity (Wildman–Crippen MR) is 263 cm³/mol. The number of nitrogens with one attached hydrogen (secondary N) is 6. The smallest absolute Gasteiger partial charge is 0.350 e. The summed E-state index contributed by atoms with van der Waals surface area (Å²) < 4.78 is 0. The van der Waals surface area contributed by atoms with E-state index >= 15 is 0 Å². The first-order valence-corrected chi connectivity index (χ1v) is 23.8. The summed E-state index contributed by atoms with van der Waals surface area (Å²) in [4.78, 5) is 139. The molecular formula is C43H74N18O11. The fourth-order valence-electron chi connectivity index (χ4n) is 7.17.